The zero-order chi connectivity index (χ0) is 12.6. The quantitative estimate of drug-likeness (QED) is 0.289. The summed E-state index contributed by atoms with van der Waals surface area (Å²) in [4.78, 5) is 35.2. The summed E-state index contributed by atoms with van der Waals surface area (Å²) in [5.74, 6) is -1.19. The van der Waals surface area contributed by atoms with E-state index in [0.29, 0.717) is 0 Å². The van der Waals surface area contributed by atoms with Crippen LogP contribution in [-0.2, 0) is 19.2 Å². The van der Waals surface area contributed by atoms with Crippen molar-refractivity contribution in [2.24, 2.45) is 5.73 Å². The third kappa shape index (κ3) is 7.50. The maximum absolute atomic E-state index is 11.0. The summed E-state index contributed by atoms with van der Waals surface area (Å²) < 4.78 is 4.78. The van der Waals surface area contributed by atoms with Crippen molar-refractivity contribution in [1.82, 2.24) is 5.32 Å². The molecular formula is C7H13N3O6. The number of carbonyl (C=O) groups excluding carboxylic acids is 2. The number of hydrogen-bond donors (Lipinski definition) is 2. The van der Waals surface area contributed by atoms with Gasteiger partial charge in [-0.05, 0) is 6.92 Å². The van der Waals surface area contributed by atoms with Gasteiger partial charge in [-0.25, -0.2) is 0 Å². The van der Waals surface area contributed by atoms with Crippen LogP contribution in [-0.4, -0.2) is 42.8 Å². The lowest BCUT2D eigenvalue weighted by Crippen LogP contribution is -2.35. The molecule has 92 valence electrons. The van der Waals surface area contributed by atoms with Crippen LogP contribution in [0.5, 0.6) is 0 Å². The summed E-state index contributed by atoms with van der Waals surface area (Å²) in [6, 6.07) is 0. The van der Waals surface area contributed by atoms with Gasteiger partial charge in [0.25, 0.3) is 5.09 Å². The minimum Gasteiger partial charge on any atom is -0.367 e. The Hall–Kier alpha value is -1.90. The van der Waals surface area contributed by atoms with E-state index < -0.39 is 23.0 Å². The van der Waals surface area contributed by atoms with Crippen LogP contribution in [0.4, 0.5) is 0 Å². The molecule has 0 aromatic heterocycles. The second-order valence-electron chi connectivity index (χ2n) is 2.76. The Morgan fingerprint density at radius 3 is 2.69 bits per heavy atom. The molecule has 0 aromatic rings. The number of hydrogen-bond acceptors (Lipinski definition) is 6. The zero-order valence-electron chi connectivity index (χ0n) is 8.67. The monoisotopic (exact) mass is 235 g/mol. The lowest BCUT2D eigenvalue weighted by atomic mass is 10.4. The normalized spacial score (nSPS) is 11.6. The van der Waals surface area contributed by atoms with Crippen LogP contribution < -0.4 is 11.1 Å². The van der Waals surface area contributed by atoms with Crippen molar-refractivity contribution in [1.29, 1.82) is 0 Å². The molecule has 0 saturated heterocycles. The van der Waals surface area contributed by atoms with Crippen LogP contribution in [0.2, 0.25) is 0 Å². The molecule has 0 aromatic carbocycles. The van der Waals surface area contributed by atoms with E-state index in [1.54, 1.807) is 0 Å². The van der Waals surface area contributed by atoms with Gasteiger partial charge in [-0.3, -0.25) is 9.59 Å². The Morgan fingerprint density at radius 2 is 2.19 bits per heavy atom. The van der Waals surface area contributed by atoms with Crippen molar-refractivity contribution >= 4 is 11.8 Å². The summed E-state index contributed by atoms with van der Waals surface area (Å²) in [6.07, 6.45) is -0.860. The lowest BCUT2D eigenvalue weighted by molar-refractivity contribution is -0.757. The lowest BCUT2D eigenvalue weighted by Gasteiger charge is -2.09. The minimum absolute atomic E-state index is 0.0197. The third-order valence-corrected chi connectivity index (χ3v) is 1.49. The van der Waals surface area contributed by atoms with Crippen LogP contribution in [0.3, 0.4) is 0 Å². The number of nitrogens with one attached hydrogen (secondary N) is 1. The number of amides is 2. The number of ether oxygens (including phenoxy) is 1. The average Bonchev–Trinajstić information content (AvgIpc) is 2.20. The first kappa shape index (κ1) is 14.1. The number of carbonyl (C=O) groups is 2. The summed E-state index contributed by atoms with van der Waals surface area (Å²) in [6.45, 7) is 0.798. The van der Waals surface area contributed by atoms with Crippen LogP contribution >= 0.6 is 0 Å². The minimum atomic E-state index is -0.960. The van der Waals surface area contributed by atoms with Crippen molar-refractivity contribution in [2.75, 3.05) is 19.8 Å². The van der Waals surface area contributed by atoms with E-state index in [1.165, 1.54) is 6.92 Å². The first-order valence-electron chi connectivity index (χ1n) is 4.38. The Balaban J connectivity index is 3.52. The van der Waals surface area contributed by atoms with Gasteiger partial charge < -0.3 is 20.6 Å². The van der Waals surface area contributed by atoms with Crippen LogP contribution in [0.15, 0.2) is 0 Å². The van der Waals surface area contributed by atoms with Crippen molar-refractivity contribution < 1.29 is 24.3 Å². The number of nitrogens with zero attached hydrogens (tertiary/aromatic N) is 1. The molecule has 0 fully saturated rings. The van der Waals surface area contributed by atoms with Crippen molar-refractivity contribution in [2.45, 2.75) is 13.0 Å². The Bertz CT molecular complexity index is 269. The van der Waals surface area contributed by atoms with Gasteiger partial charge in [0.05, 0.1) is 0 Å². The van der Waals surface area contributed by atoms with E-state index in [4.69, 9.17) is 10.5 Å². The predicted molar refractivity (Wildman–Crippen MR) is 50.6 cm³/mol. The Labute approximate surface area is 91.0 Å². The highest BCUT2D eigenvalue weighted by Gasteiger charge is 2.10. The van der Waals surface area contributed by atoms with Crippen LogP contribution in [0.1, 0.15) is 6.92 Å². The fourth-order valence-electron chi connectivity index (χ4n) is 0.644. The summed E-state index contributed by atoms with van der Waals surface area (Å²) in [7, 11) is 0. The SMILES string of the molecule is CC(OCC(=O)NCCO[N+](=O)[O-])C(N)=O. The molecule has 1 unspecified atom stereocenters. The molecular weight excluding hydrogens is 222 g/mol. The molecule has 16 heavy (non-hydrogen) atoms. The fourth-order valence-corrected chi connectivity index (χ4v) is 0.644. The van der Waals surface area contributed by atoms with Gasteiger partial charge in [0.1, 0.15) is 19.3 Å². The topological polar surface area (TPSA) is 134 Å². The van der Waals surface area contributed by atoms with Gasteiger partial charge in [0.2, 0.25) is 11.8 Å². The maximum atomic E-state index is 11.0. The highest BCUT2D eigenvalue weighted by atomic mass is 16.9. The Morgan fingerprint density at radius 1 is 1.56 bits per heavy atom. The molecule has 9 nitrogen and oxygen atoms in total. The maximum Gasteiger partial charge on any atom is 0.294 e. The molecule has 0 aliphatic rings. The van der Waals surface area contributed by atoms with Gasteiger partial charge in [-0.1, -0.05) is 0 Å². The highest BCUT2D eigenvalue weighted by Crippen LogP contribution is 1.87. The summed E-state index contributed by atoms with van der Waals surface area (Å²) in [5, 5.41) is 11.1. The average molecular weight is 235 g/mol. The standard InChI is InChI=1S/C7H13N3O6/c1-5(7(8)12)15-4-6(11)9-2-3-16-10(13)14/h5H,2-4H2,1H3,(H2,8,12)(H,9,11). The smallest absolute Gasteiger partial charge is 0.294 e. The molecule has 0 heterocycles. The van der Waals surface area contributed by atoms with Gasteiger partial charge in [0.15, 0.2) is 0 Å². The molecule has 0 saturated carbocycles. The van der Waals surface area contributed by atoms with Crippen molar-refractivity contribution in [3.63, 3.8) is 0 Å². The number of nitrogens with two attached hydrogens (primary N) is 1. The summed E-state index contributed by atoms with van der Waals surface area (Å²) in [5.41, 5.74) is 4.89. The molecule has 9 heteroatoms. The third-order valence-electron chi connectivity index (χ3n) is 1.49. The van der Waals surface area contributed by atoms with E-state index in [2.05, 4.69) is 10.2 Å². The highest BCUT2D eigenvalue weighted by molar-refractivity contribution is 5.80. The molecule has 0 aliphatic heterocycles. The van der Waals surface area contributed by atoms with E-state index in [-0.39, 0.29) is 19.8 Å². The predicted octanol–water partition coefficient (Wildman–Crippen LogP) is -1.80. The Kier molecular flexibility index (Phi) is 6.52. The molecule has 0 aliphatic carbocycles. The van der Waals surface area contributed by atoms with Gasteiger partial charge in [-0.15, -0.1) is 10.1 Å². The zero-order valence-corrected chi connectivity index (χ0v) is 8.67. The van der Waals surface area contributed by atoms with Crippen LogP contribution in [0, 0.1) is 10.1 Å². The molecule has 0 radical (unpaired) electrons. The molecule has 0 rings (SSSR count). The first-order chi connectivity index (χ1) is 7.43. The van der Waals surface area contributed by atoms with E-state index in [9.17, 15) is 19.7 Å². The number of primary amides is 1. The van der Waals surface area contributed by atoms with E-state index in [1.807, 2.05) is 0 Å². The summed E-state index contributed by atoms with van der Waals surface area (Å²) >= 11 is 0. The second-order valence-corrected chi connectivity index (χ2v) is 2.76. The first-order valence-corrected chi connectivity index (χ1v) is 4.38. The van der Waals surface area contributed by atoms with Gasteiger partial charge in [-0.2, -0.15) is 0 Å². The molecule has 0 bridgehead atoms. The fraction of sp³-hybridized carbons (Fsp3) is 0.714. The molecule has 3 N–H and O–H groups in total. The molecule has 2 amide bonds. The second kappa shape index (κ2) is 7.40. The van der Waals surface area contributed by atoms with Crippen molar-refractivity contribution in [3.05, 3.63) is 10.1 Å². The van der Waals surface area contributed by atoms with E-state index >= 15 is 0 Å². The molecule has 1 atom stereocenters. The van der Waals surface area contributed by atoms with Gasteiger partial charge in [0, 0.05) is 6.54 Å². The largest absolute Gasteiger partial charge is 0.367 e. The van der Waals surface area contributed by atoms with E-state index in [0.717, 1.165) is 0 Å². The molecule has 0 spiro atoms. The van der Waals surface area contributed by atoms with Crippen molar-refractivity contribution in [3.8, 4) is 0 Å². The number of rotatable bonds is 8. The van der Waals surface area contributed by atoms with Gasteiger partial charge >= 0.3 is 0 Å². The van der Waals surface area contributed by atoms with Crippen LogP contribution in [0.25, 0.3) is 0 Å².